The number of rotatable bonds is 5. The van der Waals surface area contributed by atoms with Crippen molar-refractivity contribution in [2.45, 2.75) is 32.0 Å². The van der Waals surface area contributed by atoms with E-state index in [2.05, 4.69) is 28.1 Å². The third-order valence-corrected chi connectivity index (χ3v) is 5.66. The molecule has 0 amide bonds. The number of ether oxygens (including phenoxy) is 1. The van der Waals surface area contributed by atoms with E-state index in [0.717, 1.165) is 55.3 Å². The average molecular weight is 388 g/mol. The molecule has 2 N–H and O–H groups in total. The summed E-state index contributed by atoms with van der Waals surface area (Å²) in [5.74, 6) is 1.69. The lowest BCUT2D eigenvalue weighted by Crippen LogP contribution is -2.59. The Morgan fingerprint density at radius 1 is 1.22 bits per heavy atom. The van der Waals surface area contributed by atoms with Crippen LogP contribution < -0.4 is 15.0 Å². The molecule has 5 nitrogen and oxygen atoms in total. The highest BCUT2D eigenvalue weighted by atomic mass is 35.5. The van der Waals surface area contributed by atoms with Crippen molar-refractivity contribution in [1.29, 1.82) is 0 Å². The molecule has 2 aliphatic heterocycles. The Bertz CT molecular complexity index is 799. The first-order valence-corrected chi connectivity index (χ1v) is 10.0. The maximum absolute atomic E-state index is 9.55. The van der Waals surface area contributed by atoms with E-state index in [1.54, 1.807) is 0 Å². The van der Waals surface area contributed by atoms with Gasteiger partial charge < -0.3 is 20.1 Å². The molecule has 4 rings (SSSR count). The fraction of sp³-hybridized carbons (Fsp3) is 0.429. The van der Waals surface area contributed by atoms with E-state index in [-0.39, 0.29) is 12.8 Å². The second-order valence-corrected chi connectivity index (χ2v) is 7.49. The van der Waals surface area contributed by atoms with E-state index in [1.807, 2.05) is 36.4 Å². The van der Waals surface area contributed by atoms with Gasteiger partial charge in [0, 0.05) is 37.3 Å². The number of aliphatic hydroxyl groups is 1. The normalized spacial score (nSPS) is 20.6. The second-order valence-electron chi connectivity index (χ2n) is 7.05. The Hall–Kier alpha value is -1.79. The van der Waals surface area contributed by atoms with Crippen molar-refractivity contribution < 1.29 is 9.84 Å². The summed E-state index contributed by atoms with van der Waals surface area (Å²) < 4.78 is 6.15. The maximum atomic E-state index is 9.55. The minimum atomic E-state index is 0.158. The number of hydrogen-bond donors (Lipinski definition) is 2. The third-order valence-electron chi connectivity index (χ3n) is 5.43. The summed E-state index contributed by atoms with van der Waals surface area (Å²) in [6.45, 7) is 5.20. The number of anilines is 2. The summed E-state index contributed by atoms with van der Waals surface area (Å²) in [5, 5.41) is 13.7. The molecule has 2 unspecified atom stereocenters. The lowest BCUT2D eigenvalue weighted by Gasteiger charge is -2.48. The Balaban J connectivity index is 1.79. The van der Waals surface area contributed by atoms with Crippen LogP contribution >= 0.6 is 11.6 Å². The first-order chi connectivity index (χ1) is 13.2. The van der Waals surface area contributed by atoms with Gasteiger partial charge in [-0.2, -0.15) is 0 Å². The van der Waals surface area contributed by atoms with Gasteiger partial charge in [0.2, 0.25) is 0 Å². The van der Waals surface area contributed by atoms with Crippen LogP contribution in [0.5, 0.6) is 11.5 Å². The standard InChI is InChI=1S/C21H26ClN3O2/c1-2-21(24-11-10-23-14-16(24)9-12-26)25-17-5-3-4-6-19(17)27-20-8-7-15(22)13-18(20)25/h3-8,13,16,21,23,26H,2,9-12,14H2,1H3. The Morgan fingerprint density at radius 2 is 2.04 bits per heavy atom. The largest absolute Gasteiger partial charge is 0.453 e. The van der Waals surface area contributed by atoms with Crippen molar-refractivity contribution >= 4 is 23.0 Å². The van der Waals surface area contributed by atoms with Crippen LogP contribution in [-0.2, 0) is 0 Å². The molecule has 1 fully saturated rings. The van der Waals surface area contributed by atoms with Crippen LogP contribution in [0.3, 0.4) is 0 Å². The Kier molecular flexibility index (Phi) is 5.55. The van der Waals surface area contributed by atoms with Gasteiger partial charge in [-0.1, -0.05) is 30.7 Å². The zero-order valence-corrected chi connectivity index (χ0v) is 16.3. The fourth-order valence-electron chi connectivity index (χ4n) is 4.23. The smallest absolute Gasteiger partial charge is 0.151 e. The van der Waals surface area contributed by atoms with E-state index < -0.39 is 0 Å². The highest BCUT2D eigenvalue weighted by molar-refractivity contribution is 6.31. The maximum Gasteiger partial charge on any atom is 0.151 e. The average Bonchev–Trinajstić information content (AvgIpc) is 2.69. The minimum absolute atomic E-state index is 0.158. The van der Waals surface area contributed by atoms with Gasteiger partial charge in [-0.05, 0) is 43.2 Å². The zero-order chi connectivity index (χ0) is 18.8. The minimum Gasteiger partial charge on any atom is -0.453 e. The van der Waals surface area contributed by atoms with Gasteiger partial charge >= 0.3 is 0 Å². The lowest BCUT2D eigenvalue weighted by molar-refractivity contribution is 0.0852. The molecule has 27 heavy (non-hydrogen) atoms. The summed E-state index contributed by atoms with van der Waals surface area (Å²) in [6, 6.07) is 14.2. The number of hydrogen-bond acceptors (Lipinski definition) is 5. The molecule has 0 saturated carbocycles. The molecule has 1 saturated heterocycles. The number of fused-ring (bicyclic) bond motifs is 2. The molecule has 2 aromatic rings. The summed E-state index contributed by atoms with van der Waals surface area (Å²) in [7, 11) is 0. The number of nitrogens with one attached hydrogen (secondary N) is 1. The predicted molar refractivity (Wildman–Crippen MR) is 109 cm³/mol. The number of aliphatic hydroxyl groups excluding tert-OH is 1. The van der Waals surface area contributed by atoms with Crippen LogP contribution in [0, 0.1) is 0 Å². The monoisotopic (exact) mass is 387 g/mol. The molecule has 0 aromatic heterocycles. The van der Waals surface area contributed by atoms with Crippen LogP contribution in [-0.4, -0.2) is 48.5 Å². The molecule has 0 aliphatic carbocycles. The summed E-state index contributed by atoms with van der Waals surface area (Å²) >= 11 is 6.34. The van der Waals surface area contributed by atoms with Gasteiger partial charge in [-0.3, -0.25) is 4.90 Å². The number of piperazine rings is 1. The molecule has 2 aliphatic rings. The lowest BCUT2D eigenvalue weighted by atomic mass is 10.1. The summed E-state index contributed by atoms with van der Waals surface area (Å²) in [6.07, 6.45) is 1.87. The molecule has 2 aromatic carbocycles. The third kappa shape index (κ3) is 3.52. The van der Waals surface area contributed by atoms with Crippen molar-refractivity contribution in [1.82, 2.24) is 10.2 Å². The number of benzene rings is 2. The fourth-order valence-corrected chi connectivity index (χ4v) is 4.39. The molecule has 6 heteroatoms. The van der Waals surface area contributed by atoms with Gasteiger partial charge in [-0.15, -0.1) is 0 Å². The summed E-state index contributed by atoms with van der Waals surface area (Å²) in [4.78, 5) is 4.87. The van der Waals surface area contributed by atoms with Gasteiger partial charge in [0.1, 0.15) is 0 Å². The van der Waals surface area contributed by atoms with Crippen molar-refractivity contribution in [3.8, 4) is 11.5 Å². The number of para-hydroxylation sites is 2. The topological polar surface area (TPSA) is 48.0 Å². The predicted octanol–water partition coefficient (Wildman–Crippen LogP) is 3.98. The SMILES string of the molecule is CCC(N1c2ccccc2Oc2ccc(Cl)cc21)N1CCNCC1CCO. The Labute approximate surface area is 165 Å². The summed E-state index contributed by atoms with van der Waals surface area (Å²) in [5.41, 5.74) is 2.05. The first kappa shape index (κ1) is 18.6. The van der Waals surface area contributed by atoms with Crippen LogP contribution in [0.1, 0.15) is 19.8 Å². The van der Waals surface area contributed by atoms with Crippen LogP contribution in [0.15, 0.2) is 42.5 Å². The Morgan fingerprint density at radius 3 is 2.85 bits per heavy atom. The van der Waals surface area contributed by atoms with E-state index in [1.165, 1.54) is 0 Å². The molecular weight excluding hydrogens is 362 g/mol. The van der Waals surface area contributed by atoms with Gasteiger partial charge in [0.25, 0.3) is 0 Å². The highest BCUT2D eigenvalue weighted by Gasteiger charge is 2.36. The van der Waals surface area contributed by atoms with Crippen LogP contribution in [0.2, 0.25) is 5.02 Å². The molecular formula is C21H26ClN3O2. The van der Waals surface area contributed by atoms with Crippen molar-refractivity contribution in [2.75, 3.05) is 31.1 Å². The van der Waals surface area contributed by atoms with Crippen molar-refractivity contribution in [2.24, 2.45) is 0 Å². The van der Waals surface area contributed by atoms with Crippen LogP contribution in [0.25, 0.3) is 0 Å². The van der Waals surface area contributed by atoms with E-state index in [9.17, 15) is 5.11 Å². The highest BCUT2D eigenvalue weighted by Crippen LogP contribution is 2.49. The number of nitrogens with zero attached hydrogens (tertiary/aromatic N) is 2. The van der Waals surface area contributed by atoms with Crippen molar-refractivity contribution in [3.05, 3.63) is 47.5 Å². The van der Waals surface area contributed by atoms with E-state index in [0.29, 0.717) is 11.1 Å². The van der Waals surface area contributed by atoms with Gasteiger partial charge in [-0.25, -0.2) is 0 Å². The number of halogens is 1. The van der Waals surface area contributed by atoms with E-state index >= 15 is 0 Å². The molecule has 2 heterocycles. The molecule has 144 valence electrons. The van der Waals surface area contributed by atoms with Gasteiger partial charge in [0.15, 0.2) is 11.5 Å². The van der Waals surface area contributed by atoms with E-state index in [4.69, 9.17) is 16.3 Å². The molecule has 0 radical (unpaired) electrons. The molecule has 2 atom stereocenters. The quantitative estimate of drug-likeness (QED) is 0.812. The molecule has 0 bridgehead atoms. The molecule has 0 spiro atoms. The second kappa shape index (κ2) is 8.07. The van der Waals surface area contributed by atoms with Crippen LogP contribution in [0.4, 0.5) is 11.4 Å². The zero-order valence-electron chi connectivity index (χ0n) is 15.6. The van der Waals surface area contributed by atoms with Crippen molar-refractivity contribution in [3.63, 3.8) is 0 Å². The van der Waals surface area contributed by atoms with Gasteiger partial charge in [0.05, 0.1) is 17.5 Å². The first-order valence-electron chi connectivity index (χ1n) is 9.66.